The van der Waals surface area contributed by atoms with Gasteiger partial charge in [0.1, 0.15) is 5.75 Å². The van der Waals surface area contributed by atoms with Gasteiger partial charge >= 0.3 is 0 Å². The van der Waals surface area contributed by atoms with E-state index >= 15 is 0 Å². The summed E-state index contributed by atoms with van der Waals surface area (Å²) in [5.41, 5.74) is 1.47. The molecule has 22 heavy (non-hydrogen) atoms. The topological polar surface area (TPSA) is 56.3 Å². The van der Waals surface area contributed by atoms with Crippen molar-refractivity contribution in [3.63, 3.8) is 0 Å². The minimum absolute atomic E-state index is 0. The van der Waals surface area contributed by atoms with Crippen LogP contribution in [-0.4, -0.2) is 28.1 Å². The first kappa shape index (κ1) is 18.5. The first-order chi connectivity index (χ1) is 10.1. The van der Waals surface area contributed by atoms with Crippen molar-refractivity contribution in [1.29, 1.82) is 0 Å². The lowest BCUT2D eigenvalue weighted by Gasteiger charge is -2.29. The lowest BCUT2D eigenvalue weighted by molar-refractivity contribution is 0.212. The summed E-state index contributed by atoms with van der Waals surface area (Å²) in [7, 11) is 0. The first-order valence-corrected chi connectivity index (χ1v) is 7.67. The highest BCUT2D eigenvalue weighted by Gasteiger charge is 2.17. The molecule has 5 heteroatoms. The maximum atomic E-state index is 11.5. The summed E-state index contributed by atoms with van der Waals surface area (Å²) >= 11 is 0. The van der Waals surface area contributed by atoms with Gasteiger partial charge in [-0.3, -0.25) is 9.69 Å². The van der Waals surface area contributed by atoms with E-state index in [1.165, 1.54) is 6.07 Å². The molecule has 2 N–H and O–H groups in total. The highest BCUT2D eigenvalue weighted by atomic mass is 35.5. The van der Waals surface area contributed by atoms with Crippen LogP contribution < -0.4 is 5.56 Å². The van der Waals surface area contributed by atoms with Gasteiger partial charge in [-0.05, 0) is 50.6 Å². The molecule has 0 aliphatic carbocycles. The van der Waals surface area contributed by atoms with Crippen molar-refractivity contribution in [1.82, 2.24) is 9.88 Å². The summed E-state index contributed by atoms with van der Waals surface area (Å²) < 4.78 is 0. The van der Waals surface area contributed by atoms with Crippen LogP contribution in [0.2, 0.25) is 0 Å². The Hall–Kier alpha value is -1.52. The van der Waals surface area contributed by atoms with Crippen LogP contribution in [0, 0.1) is 0 Å². The van der Waals surface area contributed by atoms with Gasteiger partial charge in [-0.2, -0.15) is 0 Å². The largest absolute Gasteiger partial charge is 0.506 e. The lowest BCUT2D eigenvalue weighted by atomic mass is 10.00. The van der Waals surface area contributed by atoms with E-state index in [1.54, 1.807) is 12.1 Å². The molecule has 122 valence electrons. The molecule has 1 aromatic heterocycles. The molecule has 1 unspecified atom stereocenters. The van der Waals surface area contributed by atoms with Crippen LogP contribution >= 0.6 is 12.4 Å². The van der Waals surface area contributed by atoms with E-state index in [1.807, 2.05) is 6.07 Å². The fourth-order valence-electron chi connectivity index (χ4n) is 2.89. The van der Waals surface area contributed by atoms with Crippen LogP contribution in [0.3, 0.4) is 0 Å². The quantitative estimate of drug-likeness (QED) is 0.848. The molecule has 0 aliphatic heterocycles. The van der Waals surface area contributed by atoms with Gasteiger partial charge in [0.2, 0.25) is 5.56 Å². The average molecular weight is 325 g/mol. The fraction of sp³-hybridized carbons (Fsp3) is 0.471. The number of nitrogens with zero attached hydrogens (tertiary/aromatic N) is 1. The average Bonchev–Trinajstić information content (AvgIpc) is 2.47. The summed E-state index contributed by atoms with van der Waals surface area (Å²) in [6, 6.07) is 7.19. The van der Waals surface area contributed by atoms with Crippen molar-refractivity contribution in [3.8, 4) is 5.75 Å². The molecule has 0 saturated heterocycles. The number of aromatic hydroxyl groups is 1. The van der Waals surface area contributed by atoms with Crippen molar-refractivity contribution in [2.24, 2.45) is 0 Å². The second-order valence-corrected chi connectivity index (χ2v) is 5.50. The predicted molar refractivity (Wildman–Crippen MR) is 94.1 cm³/mol. The summed E-state index contributed by atoms with van der Waals surface area (Å²) in [6.07, 6.45) is 2.22. The summed E-state index contributed by atoms with van der Waals surface area (Å²) in [6.45, 7) is 8.63. The van der Waals surface area contributed by atoms with Crippen LogP contribution in [0.5, 0.6) is 5.75 Å². The fourth-order valence-corrected chi connectivity index (χ4v) is 2.89. The normalized spacial score (nSPS) is 12.4. The van der Waals surface area contributed by atoms with E-state index in [-0.39, 0.29) is 29.8 Å². The number of phenolic OH excluding ortho intramolecular Hbond substituents is 1. The number of benzene rings is 1. The summed E-state index contributed by atoms with van der Waals surface area (Å²) in [5.74, 6) is 0.121. The molecule has 0 saturated carbocycles. The van der Waals surface area contributed by atoms with E-state index in [9.17, 15) is 9.90 Å². The zero-order chi connectivity index (χ0) is 15.4. The molecule has 0 amide bonds. The summed E-state index contributed by atoms with van der Waals surface area (Å²) in [5, 5.41) is 10.9. The molecular weight excluding hydrogens is 300 g/mol. The third-order valence-electron chi connectivity index (χ3n) is 3.93. The Morgan fingerprint density at radius 1 is 1.14 bits per heavy atom. The molecule has 0 fully saturated rings. The van der Waals surface area contributed by atoms with E-state index < -0.39 is 0 Å². The van der Waals surface area contributed by atoms with E-state index in [0.717, 1.165) is 36.9 Å². The maximum Gasteiger partial charge on any atom is 0.248 e. The van der Waals surface area contributed by atoms with Crippen LogP contribution in [0.4, 0.5) is 0 Å². The van der Waals surface area contributed by atoms with E-state index in [0.29, 0.717) is 5.52 Å². The minimum Gasteiger partial charge on any atom is -0.506 e. The number of aromatic amines is 1. The molecule has 4 nitrogen and oxygen atoms in total. The highest BCUT2D eigenvalue weighted by molar-refractivity contribution is 5.87. The molecule has 1 atom stereocenters. The Morgan fingerprint density at radius 3 is 2.36 bits per heavy atom. The predicted octanol–water partition coefficient (Wildman–Crippen LogP) is 3.84. The van der Waals surface area contributed by atoms with Gasteiger partial charge < -0.3 is 10.1 Å². The highest BCUT2D eigenvalue weighted by Crippen LogP contribution is 2.31. The zero-order valence-corrected chi connectivity index (χ0v) is 14.2. The van der Waals surface area contributed by atoms with Crippen molar-refractivity contribution < 1.29 is 5.11 Å². The molecule has 1 heterocycles. The Bertz CT molecular complexity index is 663. The van der Waals surface area contributed by atoms with Crippen LogP contribution in [0.15, 0.2) is 29.1 Å². The monoisotopic (exact) mass is 324 g/mol. The number of nitrogens with one attached hydrogen (secondary N) is 1. The Balaban J connectivity index is 0.00000242. The van der Waals surface area contributed by atoms with Crippen molar-refractivity contribution in [2.45, 2.75) is 39.7 Å². The van der Waals surface area contributed by atoms with Gasteiger partial charge in [0.15, 0.2) is 0 Å². The third-order valence-corrected chi connectivity index (χ3v) is 3.93. The van der Waals surface area contributed by atoms with E-state index in [4.69, 9.17) is 0 Å². The zero-order valence-electron chi connectivity index (χ0n) is 13.4. The smallest absolute Gasteiger partial charge is 0.248 e. The number of halogens is 1. The molecule has 2 rings (SSSR count). The maximum absolute atomic E-state index is 11.5. The standard InChI is InChI=1S/C17H24N2O2.ClH/c1-4-10-19(11-5-2)12(3)13-6-8-15(20)17-14(13)7-9-16(21)18-17;/h6-9,12,20H,4-5,10-11H2,1-3H3,(H,18,21);1H. The van der Waals surface area contributed by atoms with Crippen molar-refractivity contribution in [2.75, 3.05) is 13.1 Å². The number of H-pyrrole nitrogens is 1. The molecule has 0 bridgehead atoms. The van der Waals surface area contributed by atoms with E-state index in [2.05, 4.69) is 30.7 Å². The molecule has 0 aliphatic rings. The van der Waals surface area contributed by atoms with Crippen LogP contribution in [0.25, 0.3) is 10.9 Å². The van der Waals surface area contributed by atoms with Gasteiger partial charge in [-0.1, -0.05) is 19.9 Å². The number of hydrogen-bond donors (Lipinski definition) is 2. The molecule has 2 aromatic rings. The number of aromatic nitrogens is 1. The number of hydrogen-bond acceptors (Lipinski definition) is 3. The molecule has 0 radical (unpaired) electrons. The van der Waals surface area contributed by atoms with Crippen LogP contribution in [-0.2, 0) is 0 Å². The van der Waals surface area contributed by atoms with Crippen molar-refractivity contribution in [3.05, 3.63) is 40.2 Å². The van der Waals surface area contributed by atoms with Gasteiger partial charge in [-0.15, -0.1) is 12.4 Å². The van der Waals surface area contributed by atoms with Crippen LogP contribution in [0.1, 0.15) is 45.2 Å². The summed E-state index contributed by atoms with van der Waals surface area (Å²) in [4.78, 5) is 16.7. The first-order valence-electron chi connectivity index (χ1n) is 7.67. The number of rotatable bonds is 6. The Labute approximate surface area is 137 Å². The Morgan fingerprint density at radius 2 is 1.77 bits per heavy atom. The third kappa shape index (κ3) is 3.81. The van der Waals surface area contributed by atoms with Gasteiger partial charge in [0.25, 0.3) is 0 Å². The minimum atomic E-state index is -0.193. The number of phenols is 1. The Kier molecular flexibility index (Phi) is 6.91. The van der Waals surface area contributed by atoms with Gasteiger partial charge in [0.05, 0.1) is 5.52 Å². The molecule has 1 aromatic carbocycles. The molecular formula is C17H25ClN2O2. The van der Waals surface area contributed by atoms with Gasteiger partial charge in [-0.25, -0.2) is 0 Å². The lowest BCUT2D eigenvalue weighted by Crippen LogP contribution is -2.28. The van der Waals surface area contributed by atoms with Crippen molar-refractivity contribution >= 4 is 23.3 Å². The SMILES string of the molecule is CCCN(CCC)C(C)c1ccc(O)c2[nH]c(=O)ccc12.Cl. The molecule has 0 spiro atoms. The number of fused-ring (bicyclic) bond motifs is 1. The second kappa shape index (κ2) is 8.20. The van der Waals surface area contributed by atoms with Gasteiger partial charge in [0, 0.05) is 17.5 Å². The number of pyridine rings is 1. The second-order valence-electron chi connectivity index (χ2n) is 5.50.